The van der Waals surface area contributed by atoms with Crippen molar-refractivity contribution in [2.24, 2.45) is 0 Å². The van der Waals surface area contributed by atoms with Gasteiger partial charge in [0, 0.05) is 17.6 Å². The van der Waals surface area contributed by atoms with Crippen molar-refractivity contribution in [2.45, 2.75) is 19.8 Å². The van der Waals surface area contributed by atoms with Crippen LogP contribution in [0.2, 0.25) is 0 Å². The number of hydrogen-bond donors (Lipinski definition) is 0. The smallest absolute Gasteiger partial charge is 0.185 e. The summed E-state index contributed by atoms with van der Waals surface area (Å²) in [6.07, 6.45) is 2.56. The highest BCUT2D eigenvalue weighted by Crippen LogP contribution is 2.20. The summed E-state index contributed by atoms with van der Waals surface area (Å²) in [4.78, 5) is 15.1. The molecule has 0 radical (unpaired) electrons. The van der Waals surface area contributed by atoms with Crippen molar-refractivity contribution in [1.29, 1.82) is 0 Å². The Kier molecular flexibility index (Phi) is 2.86. The second-order valence-electron chi connectivity index (χ2n) is 3.98. The summed E-state index contributed by atoms with van der Waals surface area (Å²) in [5.74, 6) is 0.788. The number of aromatic nitrogens is 2. The summed E-state index contributed by atoms with van der Waals surface area (Å²) < 4.78 is 1.90. The molecule has 0 N–H and O–H groups in total. The minimum Gasteiger partial charge on any atom is -0.294 e. The summed E-state index contributed by atoms with van der Waals surface area (Å²) in [7, 11) is 0. The van der Waals surface area contributed by atoms with Crippen LogP contribution in [0.4, 0.5) is 0 Å². The van der Waals surface area contributed by atoms with Crippen molar-refractivity contribution in [3.8, 4) is 5.69 Å². The number of hydrogen-bond acceptors (Lipinski definition) is 2. The maximum Gasteiger partial charge on any atom is 0.185 e. The van der Waals surface area contributed by atoms with E-state index in [4.69, 9.17) is 0 Å². The lowest BCUT2D eigenvalue weighted by molar-refractivity contribution is 0.111. The van der Waals surface area contributed by atoms with Crippen molar-refractivity contribution < 1.29 is 4.79 Å². The summed E-state index contributed by atoms with van der Waals surface area (Å²) in [6.45, 7) is 4.18. The fourth-order valence-electron chi connectivity index (χ4n) is 1.73. The van der Waals surface area contributed by atoms with Crippen LogP contribution < -0.4 is 0 Å². The van der Waals surface area contributed by atoms with Gasteiger partial charge in [0.05, 0.1) is 0 Å². The Labute approximate surface area is 94.7 Å². The Morgan fingerprint density at radius 2 is 1.94 bits per heavy atom. The van der Waals surface area contributed by atoms with Gasteiger partial charge in [0.2, 0.25) is 0 Å². The van der Waals surface area contributed by atoms with E-state index in [0.29, 0.717) is 11.7 Å². The van der Waals surface area contributed by atoms with Crippen molar-refractivity contribution in [2.75, 3.05) is 0 Å². The topological polar surface area (TPSA) is 34.9 Å². The number of benzene rings is 1. The average Bonchev–Trinajstić information content (AvgIpc) is 2.73. The lowest BCUT2D eigenvalue weighted by Crippen LogP contribution is -2.05. The minimum absolute atomic E-state index is 0.335. The van der Waals surface area contributed by atoms with Crippen molar-refractivity contribution in [3.05, 3.63) is 48.0 Å². The quantitative estimate of drug-likeness (QED) is 0.736. The van der Waals surface area contributed by atoms with E-state index < -0.39 is 0 Å². The highest BCUT2D eigenvalue weighted by molar-refractivity contribution is 5.71. The molecule has 0 aliphatic heterocycles. The molecule has 0 bridgehead atoms. The Morgan fingerprint density at radius 1 is 1.25 bits per heavy atom. The van der Waals surface area contributed by atoms with Gasteiger partial charge >= 0.3 is 0 Å². The number of imidazole rings is 1. The van der Waals surface area contributed by atoms with Crippen LogP contribution in [0.1, 0.15) is 36.1 Å². The van der Waals surface area contributed by atoms with E-state index in [2.05, 4.69) is 18.8 Å². The van der Waals surface area contributed by atoms with E-state index in [0.717, 1.165) is 17.7 Å². The fourth-order valence-corrected chi connectivity index (χ4v) is 1.73. The first-order valence-corrected chi connectivity index (χ1v) is 5.32. The van der Waals surface area contributed by atoms with Gasteiger partial charge in [0.1, 0.15) is 0 Å². The molecule has 16 heavy (non-hydrogen) atoms. The van der Waals surface area contributed by atoms with Crippen LogP contribution in [0.15, 0.2) is 36.5 Å². The van der Waals surface area contributed by atoms with E-state index in [-0.39, 0.29) is 0 Å². The van der Waals surface area contributed by atoms with Gasteiger partial charge in [-0.3, -0.25) is 9.36 Å². The molecular formula is C13H14N2O. The van der Waals surface area contributed by atoms with Crippen LogP contribution in [0.5, 0.6) is 0 Å². The summed E-state index contributed by atoms with van der Waals surface area (Å²) in [6, 6.07) is 9.80. The molecule has 2 aromatic rings. The predicted octanol–water partition coefficient (Wildman–Crippen LogP) is 2.81. The lowest BCUT2D eigenvalue weighted by Gasteiger charge is -2.11. The second kappa shape index (κ2) is 4.31. The van der Waals surface area contributed by atoms with Crippen LogP contribution in [0, 0.1) is 0 Å². The number of aldehydes is 1. The molecule has 1 aromatic carbocycles. The molecule has 1 aromatic heterocycles. The molecule has 2 rings (SSSR count). The second-order valence-corrected chi connectivity index (χ2v) is 3.98. The Hall–Kier alpha value is -1.90. The van der Waals surface area contributed by atoms with E-state index in [9.17, 15) is 4.79 Å². The van der Waals surface area contributed by atoms with Gasteiger partial charge in [-0.15, -0.1) is 0 Å². The van der Waals surface area contributed by atoms with Crippen molar-refractivity contribution in [3.63, 3.8) is 0 Å². The molecule has 0 spiro atoms. The number of nitrogens with zero attached hydrogens (tertiary/aromatic N) is 2. The van der Waals surface area contributed by atoms with Crippen molar-refractivity contribution >= 4 is 6.29 Å². The molecule has 0 amide bonds. The van der Waals surface area contributed by atoms with E-state index in [1.54, 1.807) is 6.20 Å². The molecule has 0 saturated heterocycles. The third kappa shape index (κ3) is 1.76. The largest absolute Gasteiger partial charge is 0.294 e. The maximum absolute atomic E-state index is 11.0. The zero-order chi connectivity index (χ0) is 11.5. The van der Waals surface area contributed by atoms with E-state index in [1.165, 1.54) is 0 Å². The molecular weight excluding hydrogens is 200 g/mol. The van der Waals surface area contributed by atoms with Gasteiger partial charge in [-0.25, -0.2) is 4.98 Å². The zero-order valence-corrected chi connectivity index (χ0v) is 9.42. The first-order chi connectivity index (χ1) is 7.74. The molecule has 3 heteroatoms. The van der Waals surface area contributed by atoms with Crippen LogP contribution in [-0.2, 0) is 0 Å². The molecule has 0 aliphatic carbocycles. The molecule has 0 atom stereocenters. The highest BCUT2D eigenvalue weighted by atomic mass is 16.1. The SMILES string of the molecule is CC(C)c1cnc(C=O)n1-c1ccccc1. The zero-order valence-electron chi connectivity index (χ0n) is 9.42. The Bertz CT molecular complexity index is 486. The molecule has 3 nitrogen and oxygen atoms in total. The summed E-state index contributed by atoms with van der Waals surface area (Å²) >= 11 is 0. The standard InChI is InChI=1S/C13H14N2O/c1-10(2)12-8-14-13(9-16)15(12)11-6-4-3-5-7-11/h3-10H,1-2H3. The van der Waals surface area contributed by atoms with Gasteiger partial charge < -0.3 is 0 Å². The van der Waals surface area contributed by atoms with Gasteiger partial charge in [-0.05, 0) is 18.1 Å². The molecule has 1 heterocycles. The normalized spacial score (nSPS) is 10.7. The van der Waals surface area contributed by atoms with Gasteiger partial charge in [0.15, 0.2) is 12.1 Å². The average molecular weight is 214 g/mol. The van der Waals surface area contributed by atoms with Crippen molar-refractivity contribution in [1.82, 2.24) is 9.55 Å². The first-order valence-electron chi connectivity index (χ1n) is 5.32. The Morgan fingerprint density at radius 3 is 2.50 bits per heavy atom. The van der Waals surface area contributed by atoms with Crippen LogP contribution in [0.3, 0.4) is 0 Å². The number of carbonyl (C=O) groups excluding carboxylic acids is 1. The number of rotatable bonds is 3. The Balaban J connectivity index is 2.61. The van der Waals surface area contributed by atoms with Crippen LogP contribution in [0.25, 0.3) is 5.69 Å². The molecule has 82 valence electrons. The van der Waals surface area contributed by atoms with E-state index in [1.807, 2.05) is 34.9 Å². The minimum atomic E-state index is 0.335. The number of carbonyl (C=O) groups is 1. The first kappa shape index (κ1) is 10.6. The summed E-state index contributed by atoms with van der Waals surface area (Å²) in [5.41, 5.74) is 2.03. The highest BCUT2D eigenvalue weighted by Gasteiger charge is 2.13. The van der Waals surface area contributed by atoms with Crippen LogP contribution in [-0.4, -0.2) is 15.8 Å². The maximum atomic E-state index is 11.0. The molecule has 0 unspecified atom stereocenters. The predicted molar refractivity (Wildman–Crippen MR) is 63.0 cm³/mol. The third-order valence-electron chi connectivity index (χ3n) is 2.53. The third-order valence-corrected chi connectivity index (χ3v) is 2.53. The molecule has 0 fully saturated rings. The van der Waals surface area contributed by atoms with E-state index >= 15 is 0 Å². The molecule has 0 aliphatic rings. The number of para-hydroxylation sites is 1. The van der Waals surface area contributed by atoms with Gasteiger partial charge in [-0.1, -0.05) is 32.0 Å². The molecule has 0 saturated carbocycles. The van der Waals surface area contributed by atoms with Gasteiger partial charge in [0.25, 0.3) is 0 Å². The fraction of sp³-hybridized carbons (Fsp3) is 0.231. The van der Waals surface area contributed by atoms with Crippen LogP contribution >= 0.6 is 0 Å². The summed E-state index contributed by atoms with van der Waals surface area (Å²) in [5, 5.41) is 0. The lowest BCUT2D eigenvalue weighted by atomic mass is 10.1. The monoisotopic (exact) mass is 214 g/mol. The van der Waals surface area contributed by atoms with Gasteiger partial charge in [-0.2, -0.15) is 0 Å².